The van der Waals surface area contributed by atoms with Gasteiger partial charge in [0.25, 0.3) is 0 Å². The van der Waals surface area contributed by atoms with Crippen LogP contribution >= 0.6 is 11.8 Å². The van der Waals surface area contributed by atoms with Crippen LogP contribution in [0.3, 0.4) is 0 Å². The van der Waals surface area contributed by atoms with E-state index < -0.39 is 0 Å². The third kappa shape index (κ3) is 3.56. The molecule has 0 heterocycles. The summed E-state index contributed by atoms with van der Waals surface area (Å²) in [5, 5.41) is 0. The van der Waals surface area contributed by atoms with Gasteiger partial charge in [-0.15, -0.1) is 0 Å². The Morgan fingerprint density at radius 3 is 2.81 bits per heavy atom. The van der Waals surface area contributed by atoms with Crippen LogP contribution in [0.15, 0.2) is 18.2 Å². The summed E-state index contributed by atoms with van der Waals surface area (Å²) in [6.07, 6.45) is 1.11. The Labute approximate surface area is 101 Å². The molecule has 0 fully saturated rings. The van der Waals surface area contributed by atoms with E-state index in [0.717, 1.165) is 29.1 Å². The maximum absolute atomic E-state index is 11.9. The van der Waals surface area contributed by atoms with E-state index in [1.165, 1.54) is 0 Å². The highest BCUT2D eigenvalue weighted by Gasteiger charge is 2.10. The molecule has 88 valence electrons. The summed E-state index contributed by atoms with van der Waals surface area (Å²) < 4.78 is 5.13. The van der Waals surface area contributed by atoms with Crippen molar-refractivity contribution in [3.8, 4) is 5.75 Å². The zero-order valence-electron chi connectivity index (χ0n) is 10.1. The number of thioether (sulfide) groups is 1. The van der Waals surface area contributed by atoms with Crippen molar-refractivity contribution in [1.29, 1.82) is 0 Å². The Bertz CT molecular complexity index is 361. The van der Waals surface area contributed by atoms with E-state index in [4.69, 9.17) is 4.74 Å². The van der Waals surface area contributed by atoms with Crippen LogP contribution in [0.25, 0.3) is 0 Å². The van der Waals surface area contributed by atoms with Crippen molar-refractivity contribution >= 4 is 17.5 Å². The predicted octanol–water partition coefficient (Wildman–Crippen LogP) is 3.33. The number of carbonyl (C=O) groups excluding carboxylic acids is 1. The Kier molecular flexibility index (Phi) is 5.39. The summed E-state index contributed by atoms with van der Waals surface area (Å²) in [4.78, 5) is 11.9. The molecule has 0 amide bonds. The molecule has 0 radical (unpaired) electrons. The number of hydrogen-bond acceptors (Lipinski definition) is 3. The number of methoxy groups -OCH3 is 1. The first-order valence-electron chi connectivity index (χ1n) is 5.44. The van der Waals surface area contributed by atoms with Crippen LogP contribution in [0.4, 0.5) is 0 Å². The monoisotopic (exact) mass is 238 g/mol. The van der Waals surface area contributed by atoms with Crippen molar-refractivity contribution in [2.45, 2.75) is 20.3 Å². The van der Waals surface area contributed by atoms with E-state index in [0.29, 0.717) is 5.75 Å². The smallest absolute Gasteiger partial charge is 0.173 e. The molecule has 0 atom stereocenters. The van der Waals surface area contributed by atoms with Gasteiger partial charge in [0.15, 0.2) is 5.78 Å². The molecular weight excluding hydrogens is 220 g/mol. The number of Topliss-reactive ketones (excluding diaryl/α,β-unsaturated/α-hetero) is 1. The largest absolute Gasteiger partial charge is 0.497 e. The highest BCUT2D eigenvalue weighted by molar-refractivity contribution is 7.99. The zero-order chi connectivity index (χ0) is 12.0. The van der Waals surface area contributed by atoms with E-state index in [1.807, 2.05) is 25.1 Å². The first kappa shape index (κ1) is 13.1. The average molecular weight is 238 g/mol. The van der Waals surface area contributed by atoms with Crippen molar-refractivity contribution in [3.63, 3.8) is 0 Å². The molecule has 0 N–H and O–H groups in total. The normalized spacial score (nSPS) is 10.2. The first-order valence-corrected chi connectivity index (χ1v) is 6.60. The van der Waals surface area contributed by atoms with Gasteiger partial charge in [0.1, 0.15) is 5.75 Å². The van der Waals surface area contributed by atoms with Gasteiger partial charge < -0.3 is 4.74 Å². The van der Waals surface area contributed by atoms with Gasteiger partial charge in [0.05, 0.1) is 12.9 Å². The molecule has 1 rings (SSSR count). The molecule has 0 spiro atoms. The molecule has 0 aliphatic rings. The van der Waals surface area contributed by atoms with Crippen LogP contribution < -0.4 is 4.74 Å². The van der Waals surface area contributed by atoms with Gasteiger partial charge in [-0.05, 0) is 36.8 Å². The third-order valence-corrected chi connectivity index (χ3v) is 3.49. The highest BCUT2D eigenvalue weighted by Crippen LogP contribution is 2.19. The van der Waals surface area contributed by atoms with Crippen LogP contribution in [-0.4, -0.2) is 24.4 Å². The number of ketones is 1. The van der Waals surface area contributed by atoms with Gasteiger partial charge >= 0.3 is 0 Å². The fourth-order valence-electron chi connectivity index (χ4n) is 1.42. The Balaban J connectivity index is 2.73. The van der Waals surface area contributed by atoms with Gasteiger partial charge in [-0.2, -0.15) is 11.8 Å². The maximum atomic E-state index is 11.9. The minimum Gasteiger partial charge on any atom is -0.497 e. The number of carbonyl (C=O) groups is 1. The SMILES string of the molecule is CCCSCC(=O)c1cc(OC)ccc1C. The van der Waals surface area contributed by atoms with Crippen LogP contribution in [0.2, 0.25) is 0 Å². The number of ether oxygens (including phenoxy) is 1. The quantitative estimate of drug-likeness (QED) is 0.561. The second-order valence-electron chi connectivity index (χ2n) is 3.66. The predicted molar refractivity (Wildman–Crippen MR) is 69.7 cm³/mol. The lowest BCUT2D eigenvalue weighted by molar-refractivity contribution is 0.102. The topological polar surface area (TPSA) is 26.3 Å². The minimum absolute atomic E-state index is 0.190. The maximum Gasteiger partial charge on any atom is 0.173 e. The summed E-state index contributed by atoms with van der Waals surface area (Å²) in [6.45, 7) is 4.07. The van der Waals surface area contributed by atoms with E-state index in [1.54, 1.807) is 18.9 Å². The summed E-state index contributed by atoms with van der Waals surface area (Å²) in [6, 6.07) is 5.63. The molecule has 0 saturated carbocycles. The fraction of sp³-hybridized carbons (Fsp3) is 0.462. The van der Waals surface area contributed by atoms with Crippen LogP contribution in [0.1, 0.15) is 29.3 Å². The van der Waals surface area contributed by atoms with Crippen molar-refractivity contribution in [2.24, 2.45) is 0 Å². The molecule has 0 saturated heterocycles. The highest BCUT2D eigenvalue weighted by atomic mass is 32.2. The molecule has 16 heavy (non-hydrogen) atoms. The van der Waals surface area contributed by atoms with Crippen molar-refractivity contribution < 1.29 is 9.53 Å². The lowest BCUT2D eigenvalue weighted by Gasteiger charge is -2.07. The van der Waals surface area contributed by atoms with Crippen molar-refractivity contribution in [3.05, 3.63) is 29.3 Å². The van der Waals surface area contributed by atoms with E-state index in [9.17, 15) is 4.79 Å². The standard InChI is InChI=1S/C13H18O2S/c1-4-7-16-9-13(14)12-8-11(15-3)6-5-10(12)2/h5-6,8H,4,7,9H2,1-3H3. The molecule has 0 aliphatic carbocycles. The van der Waals surface area contributed by atoms with Crippen LogP contribution in [0.5, 0.6) is 5.75 Å². The summed E-state index contributed by atoms with van der Waals surface area (Å²) in [5.41, 5.74) is 1.80. The number of benzene rings is 1. The van der Waals surface area contributed by atoms with Crippen molar-refractivity contribution in [2.75, 3.05) is 18.6 Å². The van der Waals surface area contributed by atoms with E-state index >= 15 is 0 Å². The molecule has 3 heteroatoms. The Hall–Kier alpha value is -0.960. The average Bonchev–Trinajstić information content (AvgIpc) is 2.30. The molecule has 1 aromatic carbocycles. The van der Waals surface area contributed by atoms with Gasteiger partial charge in [0.2, 0.25) is 0 Å². The first-order chi connectivity index (χ1) is 7.69. The molecular formula is C13H18O2S. The summed E-state index contributed by atoms with van der Waals surface area (Å²) in [5.74, 6) is 2.53. The van der Waals surface area contributed by atoms with E-state index in [2.05, 4.69) is 6.92 Å². The third-order valence-electron chi connectivity index (χ3n) is 2.33. The zero-order valence-corrected chi connectivity index (χ0v) is 10.9. The molecule has 0 unspecified atom stereocenters. The van der Waals surface area contributed by atoms with Gasteiger partial charge in [-0.1, -0.05) is 13.0 Å². The second-order valence-corrected chi connectivity index (χ2v) is 4.76. The Morgan fingerprint density at radius 1 is 1.44 bits per heavy atom. The van der Waals surface area contributed by atoms with Crippen molar-refractivity contribution in [1.82, 2.24) is 0 Å². The molecule has 1 aromatic rings. The number of aryl methyl sites for hydroxylation is 1. The Morgan fingerprint density at radius 2 is 2.19 bits per heavy atom. The van der Waals surface area contributed by atoms with Gasteiger partial charge in [-0.3, -0.25) is 4.79 Å². The van der Waals surface area contributed by atoms with Crippen LogP contribution in [0, 0.1) is 6.92 Å². The lowest BCUT2D eigenvalue weighted by Crippen LogP contribution is -2.05. The molecule has 0 bridgehead atoms. The summed E-state index contributed by atoms with van der Waals surface area (Å²) >= 11 is 1.69. The van der Waals surface area contributed by atoms with Gasteiger partial charge in [0, 0.05) is 5.56 Å². The van der Waals surface area contributed by atoms with E-state index in [-0.39, 0.29) is 5.78 Å². The fourth-order valence-corrected chi connectivity index (χ4v) is 2.19. The lowest BCUT2D eigenvalue weighted by atomic mass is 10.1. The molecule has 0 aromatic heterocycles. The second kappa shape index (κ2) is 6.59. The number of hydrogen-bond donors (Lipinski definition) is 0. The molecule has 2 nitrogen and oxygen atoms in total. The number of rotatable bonds is 6. The van der Waals surface area contributed by atoms with Crippen LogP contribution in [-0.2, 0) is 0 Å². The summed E-state index contributed by atoms with van der Waals surface area (Å²) in [7, 11) is 1.62. The van der Waals surface area contributed by atoms with Gasteiger partial charge in [-0.25, -0.2) is 0 Å². The minimum atomic E-state index is 0.190. The molecule has 0 aliphatic heterocycles.